The normalized spacial score (nSPS) is 13.7. The maximum absolute atomic E-state index is 5.45. The number of nitrogens with zero attached hydrogens (tertiary/aromatic N) is 3. The largest absolute Gasteiger partial charge is 0.454 e. The summed E-state index contributed by atoms with van der Waals surface area (Å²) < 4.78 is 10.8. The van der Waals surface area contributed by atoms with Gasteiger partial charge in [-0.25, -0.2) is 4.98 Å². The molecule has 0 amide bonds. The van der Waals surface area contributed by atoms with Crippen LogP contribution in [0.4, 0.5) is 0 Å². The van der Waals surface area contributed by atoms with Crippen LogP contribution in [0.5, 0.6) is 11.5 Å². The number of rotatable bonds is 5. The van der Waals surface area contributed by atoms with Gasteiger partial charge >= 0.3 is 0 Å². The number of thiazole rings is 1. The molecule has 0 saturated carbocycles. The number of fused-ring (bicyclic) bond motifs is 1. The van der Waals surface area contributed by atoms with E-state index in [2.05, 4.69) is 47.4 Å². The molecule has 3 rings (SSSR count). The Morgan fingerprint density at radius 1 is 1.30 bits per heavy atom. The molecule has 1 aliphatic heterocycles. The average Bonchev–Trinajstić information content (AvgIpc) is 3.27. The summed E-state index contributed by atoms with van der Waals surface area (Å²) in [7, 11) is 3.83. The Bertz CT molecular complexity index is 811. The summed E-state index contributed by atoms with van der Waals surface area (Å²) in [6, 6.07) is 6.04. The van der Waals surface area contributed by atoms with Gasteiger partial charge in [-0.15, -0.1) is 11.3 Å². The molecule has 1 aromatic heterocycles. The number of guanidine groups is 1. The van der Waals surface area contributed by atoms with Gasteiger partial charge in [0.25, 0.3) is 0 Å². The van der Waals surface area contributed by atoms with E-state index in [1.54, 1.807) is 18.4 Å². The standard InChI is InChI=1S/C20H28N4O2S/c1-20(2,3)17-12-27-18(23-17)8-9-22-19(21-4)24(5)11-14-6-7-15-16(10-14)26-13-25-15/h6-7,10,12H,8-9,11,13H2,1-5H3,(H,21,22). The molecule has 0 radical (unpaired) electrons. The SMILES string of the molecule is CN=C(NCCc1nc(C(C)(C)C)cs1)N(C)Cc1ccc2c(c1)OCO2. The van der Waals surface area contributed by atoms with Crippen molar-refractivity contribution in [2.24, 2.45) is 4.99 Å². The first-order valence-electron chi connectivity index (χ1n) is 9.12. The predicted molar refractivity (Wildman–Crippen MR) is 110 cm³/mol. The Morgan fingerprint density at radius 3 is 2.78 bits per heavy atom. The maximum atomic E-state index is 5.45. The molecule has 0 saturated heterocycles. The molecule has 1 N–H and O–H groups in total. The lowest BCUT2D eigenvalue weighted by atomic mass is 9.93. The van der Waals surface area contributed by atoms with Crippen LogP contribution < -0.4 is 14.8 Å². The fourth-order valence-electron chi connectivity index (χ4n) is 2.82. The Morgan fingerprint density at radius 2 is 2.07 bits per heavy atom. The molecule has 0 unspecified atom stereocenters. The van der Waals surface area contributed by atoms with Gasteiger partial charge in [0.05, 0.1) is 10.7 Å². The van der Waals surface area contributed by atoms with Crippen molar-refractivity contribution >= 4 is 17.3 Å². The summed E-state index contributed by atoms with van der Waals surface area (Å²) in [5.41, 5.74) is 2.41. The van der Waals surface area contributed by atoms with Crippen LogP contribution in [0.15, 0.2) is 28.6 Å². The second-order valence-corrected chi connectivity index (χ2v) is 8.59. The highest BCUT2D eigenvalue weighted by Gasteiger charge is 2.17. The summed E-state index contributed by atoms with van der Waals surface area (Å²) >= 11 is 1.73. The van der Waals surface area contributed by atoms with E-state index >= 15 is 0 Å². The summed E-state index contributed by atoms with van der Waals surface area (Å²) in [4.78, 5) is 11.2. The van der Waals surface area contributed by atoms with Gasteiger partial charge < -0.3 is 19.7 Å². The third kappa shape index (κ3) is 4.91. The number of aromatic nitrogens is 1. The van der Waals surface area contributed by atoms with Crippen molar-refractivity contribution in [3.63, 3.8) is 0 Å². The van der Waals surface area contributed by atoms with Crippen LogP contribution in [0.1, 0.15) is 37.0 Å². The van der Waals surface area contributed by atoms with Gasteiger partial charge in [-0.05, 0) is 17.7 Å². The highest BCUT2D eigenvalue weighted by molar-refractivity contribution is 7.09. The zero-order chi connectivity index (χ0) is 19.4. The highest BCUT2D eigenvalue weighted by Crippen LogP contribution is 2.32. The van der Waals surface area contributed by atoms with Crippen molar-refractivity contribution in [3.8, 4) is 11.5 Å². The number of ether oxygens (including phenoxy) is 2. The average molecular weight is 389 g/mol. The van der Waals surface area contributed by atoms with Gasteiger partial charge in [0.1, 0.15) is 0 Å². The van der Waals surface area contributed by atoms with Crippen molar-refractivity contribution in [1.82, 2.24) is 15.2 Å². The minimum Gasteiger partial charge on any atom is -0.454 e. The van der Waals surface area contributed by atoms with Gasteiger partial charge in [0, 0.05) is 44.4 Å². The molecule has 0 atom stereocenters. The molecule has 2 aromatic rings. The fourth-order valence-corrected chi connectivity index (χ4v) is 3.85. The smallest absolute Gasteiger partial charge is 0.231 e. The first kappa shape index (κ1) is 19.5. The fraction of sp³-hybridized carbons (Fsp3) is 0.500. The lowest BCUT2D eigenvalue weighted by Crippen LogP contribution is -2.39. The topological polar surface area (TPSA) is 59.0 Å². The third-order valence-corrected chi connectivity index (χ3v) is 5.28. The Kier molecular flexibility index (Phi) is 5.89. The zero-order valence-electron chi connectivity index (χ0n) is 16.7. The first-order valence-corrected chi connectivity index (χ1v) is 10.00. The molecule has 0 bridgehead atoms. The lowest BCUT2D eigenvalue weighted by molar-refractivity contribution is 0.174. The molecular formula is C20H28N4O2S. The molecule has 6 nitrogen and oxygen atoms in total. The van der Waals surface area contributed by atoms with Gasteiger partial charge in [-0.3, -0.25) is 4.99 Å². The van der Waals surface area contributed by atoms with E-state index in [-0.39, 0.29) is 5.41 Å². The molecule has 0 fully saturated rings. The quantitative estimate of drug-likeness (QED) is 0.628. The monoisotopic (exact) mass is 388 g/mol. The molecule has 0 aliphatic carbocycles. The first-order chi connectivity index (χ1) is 12.9. The van der Waals surface area contributed by atoms with Crippen LogP contribution in [-0.2, 0) is 18.4 Å². The number of hydrogen-bond donors (Lipinski definition) is 1. The van der Waals surface area contributed by atoms with Crippen LogP contribution >= 0.6 is 11.3 Å². The maximum Gasteiger partial charge on any atom is 0.231 e. The van der Waals surface area contributed by atoms with E-state index in [0.29, 0.717) is 6.79 Å². The zero-order valence-corrected chi connectivity index (χ0v) is 17.5. The summed E-state index contributed by atoms with van der Waals surface area (Å²) in [6.45, 7) is 8.41. The molecule has 1 aliphatic rings. The highest BCUT2D eigenvalue weighted by atomic mass is 32.1. The minimum absolute atomic E-state index is 0.100. The van der Waals surface area contributed by atoms with Crippen LogP contribution in [0.3, 0.4) is 0 Å². The third-order valence-electron chi connectivity index (χ3n) is 4.37. The number of aliphatic imine (C=N–C) groups is 1. The van der Waals surface area contributed by atoms with Crippen LogP contribution in [0.2, 0.25) is 0 Å². The van der Waals surface area contributed by atoms with Crippen molar-refractivity contribution in [1.29, 1.82) is 0 Å². The van der Waals surface area contributed by atoms with Gasteiger partial charge in [-0.2, -0.15) is 0 Å². The number of nitrogens with one attached hydrogen (secondary N) is 1. The molecule has 1 aromatic carbocycles. The van der Waals surface area contributed by atoms with E-state index in [1.807, 2.05) is 19.2 Å². The van der Waals surface area contributed by atoms with Crippen molar-refractivity contribution in [2.75, 3.05) is 27.4 Å². The van der Waals surface area contributed by atoms with Crippen LogP contribution in [-0.4, -0.2) is 43.3 Å². The van der Waals surface area contributed by atoms with Gasteiger partial charge in [0.15, 0.2) is 17.5 Å². The van der Waals surface area contributed by atoms with E-state index in [1.165, 1.54) is 0 Å². The Balaban J connectivity index is 1.52. The van der Waals surface area contributed by atoms with Crippen molar-refractivity contribution in [3.05, 3.63) is 39.8 Å². The molecule has 146 valence electrons. The van der Waals surface area contributed by atoms with Gasteiger partial charge in [0.2, 0.25) is 6.79 Å². The molecular weight excluding hydrogens is 360 g/mol. The number of benzene rings is 1. The van der Waals surface area contributed by atoms with Crippen LogP contribution in [0, 0.1) is 0 Å². The van der Waals surface area contributed by atoms with Gasteiger partial charge in [-0.1, -0.05) is 26.8 Å². The minimum atomic E-state index is 0.100. The van der Waals surface area contributed by atoms with Crippen LogP contribution in [0.25, 0.3) is 0 Å². The van der Waals surface area contributed by atoms with Crippen molar-refractivity contribution < 1.29 is 9.47 Å². The Hall–Kier alpha value is -2.28. The van der Waals surface area contributed by atoms with E-state index in [4.69, 9.17) is 14.5 Å². The summed E-state index contributed by atoms with van der Waals surface area (Å²) in [6.07, 6.45) is 0.887. The van der Waals surface area contributed by atoms with Crippen molar-refractivity contribution in [2.45, 2.75) is 39.2 Å². The second-order valence-electron chi connectivity index (χ2n) is 7.64. The van der Waals surface area contributed by atoms with E-state index < -0.39 is 0 Å². The molecule has 0 spiro atoms. The molecule has 27 heavy (non-hydrogen) atoms. The van der Waals surface area contributed by atoms with E-state index in [9.17, 15) is 0 Å². The predicted octanol–water partition coefficient (Wildman–Crippen LogP) is 3.42. The van der Waals surface area contributed by atoms with E-state index in [0.717, 1.165) is 53.2 Å². The molecule has 7 heteroatoms. The number of hydrogen-bond acceptors (Lipinski definition) is 5. The second kappa shape index (κ2) is 8.17. The summed E-state index contributed by atoms with van der Waals surface area (Å²) in [5.74, 6) is 2.48. The Labute approximate surface area is 165 Å². The summed E-state index contributed by atoms with van der Waals surface area (Å²) in [5, 5.41) is 6.74. The lowest BCUT2D eigenvalue weighted by Gasteiger charge is -2.22. The molecule has 2 heterocycles.